The summed E-state index contributed by atoms with van der Waals surface area (Å²) < 4.78 is 0. The Balaban J connectivity index is 1.60. The first-order chi connectivity index (χ1) is 9.59. The minimum Gasteiger partial charge on any atom is -0.342 e. The number of piperidine rings is 1. The Morgan fingerprint density at radius 1 is 1.35 bits per heavy atom. The number of imide groups is 1. The predicted molar refractivity (Wildman–Crippen MR) is 73.2 cm³/mol. The largest absolute Gasteiger partial charge is 0.342 e. The summed E-state index contributed by atoms with van der Waals surface area (Å²) >= 11 is 1.57. The van der Waals surface area contributed by atoms with E-state index in [-0.39, 0.29) is 11.8 Å². The zero-order valence-electron chi connectivity index (χ0n) is 10.8. The Morgan fingerprint density at radius 3 is 2.65 bits per heavy atom. The first-order valence-corrected chi connectivity index (χ1v) is 7.46. The molecule has 3 heterocycles. The number of nitrogens with one attached hydrogen (secondary N) is 2. The number of hydrogen-bond donors (Lipinski definition) is 2. The molecule has 0 radical (unpaired) electrons. The van der Waals surface area contributed by atoms with E-state index in [0.717, 1.165) is 5.56 Å². The maximum Gasteiger partial charge on any atom is 0.322 e. The molecule has 3 rings (SSSR count). The molecule has 4 amide bonds. The van der Waals surface area contributed by atoms with Crippen LogP contribution in [0.3, 0.4) is 0 Å². The van der Waals surface area contributed by atoms with Gasteiger partial charge < -0.3 is 10.2 Å². The van der Waals surface area contributed by atoms with Gasteiger partial charge in [-0.1, -0.05) is 0 Å². The van der Waals surface area contributed by atoms with Crippen molar-refractivity contribution >= 4 is 29.2 Å². The summed E-state index contributed by atoms with van der Waals surface area (Å²) in [5.41, 5.74) is 0.211. The second-order valence-electron chi connectivity index (χ2n) is 5.18. The molecule has 2 aliphatic rings. The van der Waals surface area contributed by atoms with Crippen LogP contribution in [0, 0.1) is 0 Å². The molecule has 6 nitrogen and oxygen atoms in total. The molecule has 1 spiro atoms. The van der Waals surface area contributed by atoms with Gasteiger partial charge >= 0.3 is 6.03 Å². The van der Waals surface area contributed by atoms with Gasteiger partial charge in [0.05, 0.1) is 6.42 Å². The Kier molecular flexibility index (Phi) is 3.21. The summed E-state index contributed by atoms with van der Waals surface area (Å²) in [6.45, 7) is 0.993. The second-order valence-corrected chi connectivity index (χ2v) is 5.96. The zero-order chi connectivity index (χ0) is 14.2. The molecule has 2 aliphatic heterocycles. The molecule has 7 heteroatoms. The number of urea groups is 1. The molecule has 0 aromatic carbocycles. The van der Waals surface area contributed by atoms with Crippen molar-refractivity contribution in [1.82, 2.24) is 15.5 Å². The number of nitrogens with zero attached hydrogens (tertiary/aromatic N) is 1. The number of thiophene rings is 1. The summed E-state index contributed by atoms with van der Waals surface area (Å²) in [4.78, 5) is 37.0. The Bertz CT molecular complexity index is 547. The molecule has 0 aliphatic carbocycles. The quantitative estimate of drug-likeness (QED) is 0.779. The average Bonchev–Trinajstić information content (AvgIpc) is 3.00. The number of rotatable bonds is 2. The number of hydrogen-bond acceptors (Lipinski definition) is 4. The van der Waals surface area contributed by atoms with Crippen LogP contribution in [0.5, 0.6) is 0 Å². The number of carbonyl (C=O) groups excluding carboxylic acids is 3. The third-order valence-corrected chi connectivity index (χ3v) is 4.65. The van der Waals surface area contributed by atoms with Gasteiger partial charge in [-0.05, 0) is 35.2 Å². The summed E-state index contributed by atoms with van der Waals surface area (Å²) in [5.74, 6) is -0.199. The van der Waals surface area contributed by atoms with Gasteiger partial charge in [0.15, 0.2) is 0 Å². The predicted octanol–water partition coefficient (Wildman–Crippen LogP) is 0.491. The van der Waals surface area contributed by atoms with Gasteiger partial charge in [0.1, 0.15) is 5.54 Å². The van der Waals surface area contributed by atoms with Crippen LogP contribution in [0.15, 0.2) is 16.8 Å². The van der Waals surface area contributed by atoms with Gasteiger partial charge in [-0.25, -0.2) is 4.79 Å². The smallest absolute Gasteiger partial charge is 0.322 e. The Labute approximate surface area is 120 Å². The van der Waals surface area contributed by atoms with Crippen LogP contribution in [0.25, 0.3) is 0 Å². The SMILES string of the molecule is O=C1NC(=O)C2(CCN(C(=O)Cc3ccsc3)CC2)N1. The Morgan fingerprint density at radius 2 is 2.10 bits per heavy atom. The van der Waals surface area contributed by atoms with E-state index in [1.54, 1.807) is 16.2 Å². The number of likely N-dealkylation sites (tertiary alicyclic amines) is 1. The van der Waals surface area contributed by atoms with Crippen molar-refractivity contribution in [2.24, 2.45) is 0 Å². The molecule has 0 saturated carbocycles. The molecule has 1 aromatic heterocycles. The van der Waals surface area contributed by atoms with Crippen molar-refractivity contribution in [3.8, 4) is 0 Å². The maximum absolute atomic E-state index is 12.2. The van der Waals surface area contributed by atoms with Gasteiger partial charge in [-0.3, -0.25) is 14.9 Å². The zero-order valence-corrected chi connectivity index (χ0v) is 11.7. The molecule has 2 saturated heterocycles. The van der Waals surface area contributed by atoms with Crippen molar-refractivity contribution in [1.29, 1.82) is 0 Å². The Hall–Kier alpha value is -1.89. The van der Waals surface area contributed by atoms with Crippen LogP contribution in [-0.4, -0.2) is 41.4 Å². The van der Waals surface area contributed by atoms with E-state index in [1.807, 2.05) is 16.8 Å². The van der Waals surface area contributed by atoms with Gasteiger partial charge in [0.2, 0.25) is 5.91 Å². The van der Waals surface area contributed by atoms with Crippen LogP contribution in [0.2, 0.25) is 0 Å². The molecule has 2 fully saturated rings. The highest BCUT2D eigenvalue weighted by atomic mass is 32.1. The normalized spacial score (nSPS) is 20.9. The first-order valence-electron chi connectivity index (χ1n) is 6.51. The minimum absolute atomic E-state index is 0.0722. The fourth-order valence-electron chi connectivity index (χ4n) is 2.70. The average molecular weight is 293 g/mol. The monoisotopic (exact) mass is 293 g/mol. The molecule has 2 N–H and O–H groups in total. The first kappa shape index (κ1) is 13.1. The molecule has 0 atom stereocenters. The number of amides is 4. The van der Waals surface area contributed by atoms with E-state index in [2.05, 4.69) is 10.6 Å². The van der Waals surface area contributed by atoms with Crippen LogP contribution in [0.1, 0.15) is 18.4 Å². The molecule has 106 valence electrons. The fourth-order valence-corrected chi connectivity index (χ4v) is 3.37. The lowest BCUT2D eigenvalue weighted by Crippen LogP contribution is -2.55. The molecular formula is C13H15N3O3S. The van der Waals surface area contributed by atoms with E-state index in [1.165, 1.54) is 0 Å². The van der Waals surface area contributed by atoms with E-state index >= 15 is 0 Å². The van der Waals surface area contributed by atoms with Gasteiger partial charge in [0, 0.05) is 13.1 Å². The molecule has 0 unspecified atom stereocenters. The summed E-state index contributed by atoms with van der Waals surface area (Å²) in [5, 5.41) is 8.87. The van der Waals surface area contributed by atoms with Crippen molar-refractivity contribution in [2.75, 3.05) is 13.1 Å². The number of carbonyl (C=O) groups is 3. The lowest BCUT2D eigenvalue weighted by atomic mass is 9.87. The highest BCUT2D eigenvalue weighted by Gasteiger charge is 2.48. The van der Waals surface area contributed by atoms with Gasteiger partial charge in [0.25, 0.3) is 5.91 Å². The van der Waals surface area contributed by atoms with Crippen LogP contribution < -0.4 is 10.6 Å². The minimum atomic E-state index is -0.809. The topological polar surface area (TPSA) is 78.5 Å². The maximum atomic E-state index is 12.2. The molecule has 20 heavy (non-hydrogen) atoms. The second kappa shape index (κ2) is 4.90. The van der Waals surface area contributed by atoms with E-state index < -0.39 is 11.6 Å². The molecule has 1 aromatic rings. The van der Waals surface area contributed by atoms with Crippen molar-refractivity contribution in [3.05, 3.63) is 22.4 Å². The summed E-state index contributed by atoms with van der Waals surface area (Å²) in [6, 6.07) is 1.51. The van der Waals surface area contributed by atoms with Gasteiger partial charge in [-0.2, -0.15) is 11.3 Å². The van der Waals surface area contributed by atoms with Crippen molar-refractivity contribution in [2.45, 2.75) is 24.8 Å². The summed E-state index contributed by atoms with van der Waals surface area (Å²) in [6.07, 6.45) is 1.34. The van der Waals surface area contributed by atoms with E-state index in [9.17, 15) is 14.4 Å². The van der Waals surface area contributed by atoms with Crippen molar-refractivity contribution < 1.29 is 14.4 Å². The third kappa shape index (κ3) is 2.29. The molecular weight excluding hydrogens is 278 g/mol. The van der Waals surface area contributed by atoms with E-state index in [0.29, 0.717) is 32.4 Å². The standard InChI is InChI=1S/C13H15N3O3S/c17-10(7-9-1-6-20-8-9)16-4-2-13(3-5-16)11(18)14-12(19)15-13/h1,6,8H,2-5,7H2,(H2,14,15,18,19). The fraction of sp³-hybridized carbons (Fsp3) is 0.462. The van der Waals surface area contributed by atoms with Gasteiger partial charge in [-0.15, -0.1) is 0 Å². The van der Waals surface area contributed by atoms with E-state index in [4.69, 9.17) is 0 Å². The van der Waals surface area contributed by atoms with Crippen LogP contribution >= 0.6 is 11.3 Å². The highest BCUT2D eigenvalue weighted by molar-refractivity contribution is 7.08. The lowest BCUT2D eigenvalue weighted by molar-refractivity contribution is -0.135. The summed E-state index contributed by atoms with van der Waals surface area (Å²) in [7, 11) is 0. The third-order valence-electron chi connectivity index (χ3n) is 3.92. The molecule has 0 bridgehead atoms. The lowest BCUT2D eigenvalue weighted by Gasteiger charge is -2.37. The van der Waals surface area contributed by atoms with Crippen LogP contribution in [-0.2, 0) is 16.0 Å². The van der Waals surface area contributed by atoms with Crippen LogP contribution in [0.4, 0.5) is 4.79 Å². The highest BCUT2D eigenvalue weighted by Crippen LogP contribution is 2.25. The van der Waals surface area contributed by atoms with Crippen molar-refractivity contribution in [3.63, 3.8) is 0 Å².